The molecule has 2 atom stereocenters. The van der Waals surface area contributed by atoms with Crippen LogP contribution in [-0.4, -0.2) is 14.9 Å². The van der Waals surface area contributed by atoms with E-state index in [1.807, 2.05) is 10.7 Å². The molecule has 1 N–H and O–H groups in total. The van der Waals surface area contributed by atoms with Gasteiger partial charge in [0.15, 0.2) is 0 Å². The summed E-state index contributed by atoms with van der Waals surface area (Å²) in [5.41, 5.74) is 0.354. The molecule has 1 fully saturated rings. The summed E-state index contributed by atoms with van der Waals surface area (Å²) >= 11 is 0. The van der Waals surface area contributed by atoms with Gasteiger partial charge in [0, 0.05) is 12.2 Å². The predicted octanol–water partition coefficient (Wildman–Crippen LogP) is 2.08. The summed E-state index contributed by atoms with van der Waals surface area (Å²) in [6, 6.07) is 2.26. The van der Waals surface area contributed by atoms with Crippen LogP contribution >= 0.6 is 0 Å². The Bertz CT molecular complexity index is 332. The van der Waals surface area contributed by atoms with E-state index in [9.17, 15) is 5.11 Å². The van der Waals surface area contributed by atoms with E-state index in [-0.39, 0.29) is 0 Å². The molecule has 3 nitrogen and oxygen atoms in total. The molecule has 1 aliphatic rings. The van der Waals surface area contributed by atoms with E-state index < -0.39 is 5.60 Å². The number of hydrogen-bond donors (Lipinski definition) is 1. The molecule has 1 saturated carbocycles. The minimum absolute atomic E-state index is 0.317. The lowest BCUT2D eigenvalue weighted by atomic mass is 9.68. The monoisotopic (exact) mass is 194 g/mol. The Balaban J connectivity index is 2.36. The van der Waals surface area contributed by atoms with Crippen LogP contribution in [-0.2, 0) is 5.60 Å². The second kappa shape index (κ2) is 3.09. The Morgan fingerprint density at radius 1 is 1.64 bits per heavy atom. The minimum atomic E-state index is -0.624. The van der Waals surface area contributed by atoms with Gasteiger partial charge in [-0.15, -0.1) is 0 Å². The quantitative estimate of drug-likeness (QED) is 0.782. The third-order valence-corrected chi connectivity index (χ3v) is 3.38. The zero-order valence-corrected chi connectivity index (χ0v) is 9.07. The first-order valence-electron chi connectivity index (χ1n) is 5.32. The van der Waals surface area contributed by atoms with Crippen LogP contribution in [0.4, 0.5) is 0 Å². The van der Waals surface area contributed by atoms with Crippen LogP contribution in [0.1, 0.15) is 45.3 Å². The predicted molar refractivity (Wildman–Crippen MR) is 54.9 cm³/mol. The molecule has 0 spiro atoms. The fourth-order valence-corrected chi connectivity index (χ4v) is 2.16. The molecular weight excluding hydrogens is 176 g/mol. The summed E-state index contributed by atoms with van der Waals surface area (Å²) in [7, 11) is 0. The van der Waals surface area contributed by atoms with Gasteiger partial charge in [-0.1, -0.05) is 6.92 Å². The van der Waals surface area contributed by atoms with Crippen LogP contribution in [0, 0.1) is 5.92 Å². The lowest BCUT2D eigenvalue weighted by molar-refractivity contribution is -0.100. The molecule has 3 heteroatoms. The van der Waals surface area contributed by atoms with E-state index >= 15 is 0 Å². The smallest absolute Gasteiger partial charge is 0.109 e. The van der Waals surface area contributed by atoms with Gasteiger partial charge >= 0.3 is 0 Å². The van der Waals surface area contributed by atoms with Gasteiger partial charge in [-0.3, -0.25) is 4.68 Å². The molecule has 0 aliphatic heterocycles. The number of nitrogens with zero attached hydrogens (tertiary/aromatic N) is 2. The molecular formula is C11H18N2O. The Morgan fingerprint density at radius 3 is 2.79 bits per heavy atom. The van der Waals surface area contributed by atoms with Gasteiger partial charge in [0.05, 0.1) is 5.69 Å². The van der Waals surface area contributed by atoms with E-state index in [1.54, 1.807) is 6.20 Å². The van der Waals surface area contributed by atoms with Gasteiger partial charge in [-0.25, -0.2) is 0 Å². The van der Waals surface area contributed by atoms with Crippen molar-refractivity contribution in [1.29, 1.82) is 0 Å². The second-order valence-corrected chi connectivity index (χ2v) is 4.62. The van der Waals surface area contributed by atoms with Gasteiger partial charge < -0.3 is 5.11 Å². The lowest BCUT2D eigenvalue weighted by Crippen LogP contribution is -2.44. The van der Waals surface area contributed by atoms with E-state index in [0.29, 0.717) is 12.0 Å². The van der Waals surface area contributed by atoms with E-state index in [0.717, 1.165) is 18.5 Å². The van der Waals surface area contributed by atoms with Crippen molar-refractivity contribution < 1.29 is 5.11 Å². The summed E-state index contributed by atoms with van der Waals surface area (Å²) in [5, 5.41) is 14.7. The van der Waals surface area contributed by atoms with Gasteiger partial charge in [-0.05, 0) is 38.7 Å². The third kappa shape index (κ3) is 1.19. The van der Waals surface area contributed by atoms with Gasteiger partial charge in [-0.2, -0.15) is 5.10 Å². The van der Waals surface area contributed by atoms with Gasteiger partial charge in [0.25, 0.3) is 0 Å². The zero-order chi connectivity index (χ0) is 10.3. The van der Waals surface area contributed by atoms with Crippen molar-refractivity contribution in [2.24, 2.45) is 5.92 Å². The number of rotatable bonds is 2. The molecule has 1 aromatic rings. The first kappa shape index (κ1) is 9.71. The molecule has 0 amide bonds. The highest BCUT2D eigenvalue weighted by Crippen LogP contribution is 2.46. The highest BCUT2D eigenvalue weighted by Gasteiger charge is 2.45. The molecule has 1 aliphatic carbocycles. The standard InChI is InChI=1S/C11H18N2O/c1-8(2)13-10(5-7-12-13)11(14)6-4-9(11)3/h5,7-9,14H,4,6H2,1-3H3. The topological polar surface area (TPSA) is 38.0 Å². The number of aliphatic hydroxyl groups is 1. The highest BCUT2D eigenvalue weighted by atomic mass is 16.3. The normalized spacial score (nSPS) is 31.9. The average molecular weight is 194 g/mol. The summed E-state index contributed by atoms with van der Waals surface area (Å²) in [4.78, 5) is 0. The Hall–Kier alpha value is -0.830. The Labute approximate surface area is 84.7 Å². The van der Waals surface area contributed by atoms with Crippen LogP contribution in [0.2, 0.25) is 0 Å². The maximum atomic E-state index is 10.4. The summed E-state index contributed by atoms with van der Waals surface area (Å²) in [6.45, 7) is 6.27. The molecule has 1 heterocycles. The fraction of sp³-hybridized carbons (Fsp3) is 0.727. The maximum absolute atomic E-state index is 10.4. The summed E-state index contributed by atoms with van der Waals surface area (Å²) in [5.74, 6) is 0.358. The highest BCUT2D eigenvalue weighted by molar-refractivity contribution is 5.17. The fourth-order valence-electron chi connectivity index (χ4n) is 2.16. The maximum Gasteiger partial charge on any atom is 0.109 e. The minimum Gasteiger partial charge on any atom is -0.383 e. The molecule has 2 unspecified atom stereocenters. The Kier molecular flexibility index (Phi) is 2.14. The SMILES string of the molecule is CC(C)n1nccc1C1(O)CCC1C. The van der Waals surface area contributed by atoms with Crippen LogP contribution in [0.3, 0.4) is 0 Å². The van der Waals surface area contributed by atoms with Gasteiger partial charge in [0.2, 0.25) is 0 Å². The Morgan fingerprint density at radius 2 is 2.36 bits per heavy atom. The molecule has 0 radical (unpaired) electrons. The van der Waals surface area contributed by atoms with Crippen molar-refractivity contribution in [2.75, 3.05) is 0 Å². The zero-order valence-electron chi connectivity index (χ0n) is 9.07. The van der Waals surface area contributed by atoms with Gasteiger partial charge in [0.1, 0.15) is 5.60 Å². The van der Waals surface area contributed by atoms with E-state index in [1.165, 1.54) is 0 Å². The molecule has 0 aromatic carbocycles. The van der Waals surface area contributed by atoms with E-state index in [4.69, 9.17) is 0 Å². The first-order valence-corrected chi connectivity index (χ1v) is 5.32. The van der Waals surface area contributed by atoms with Crippen LogP contribution in [0.15, 0.2) is 12.3 Å². The lowest BCUT2D eigenvalue weighted by Gasteiger charge is -2.44. The average Bonchev–Trinajstić information content (AvgIpc) is 2.62. The number of aromatic nitrogens is 2. The molecule has 1 aromatic heterocycles. The number of hydrogen-bond acceptors (Lipinski definition) is 2. The molecule has 78 valence electrons. The summed E-state index contributed by atoms with van der Waals surface area (Å²) in [6.07, 6.45) is 3.75. The van der Waals surface area contributed by atoms with Crippen molar-refractivity contribution in [1.82, 2.24) is 9.78 Å². The summed E-state index contributed by atoms with van der Waals surface area (Å²) < 4.78 is 1.93. The largest absolute Gasteiger partial charge is 0.383 e. The van der Waals surface area contributed by atoms with Crippen LogP contribution < -0.4 is 0 Å². The first-order chi connectivity index (χ1) is 6.55. The molecule has 0 bridgehead atoms. The van der Waals surface area contributed by atoms with Crippen molar-refractivity contribution in [3.05, 3.63) is 18.0 Å². The molecule has 2 rings (SSSR count). The van der Waals surface area contributed by atoms with Crippen LogP contribution in [0.25, 0.3) is 0 Å². The van der Waals surface area contributed by atoms with Crippen molar-refractivity contribution in [3.63, 3.8) is 0 Å². The molecule has 14 heavy (non-hydrogen) atoms. The van der Waals surface area contributed by atoms with Crippen molar-refractivity contribution >= 4 is 0 Å². The molecule has 0 saturated heterocycles. The third-order valence-electron chi connectivity index (χ3n) is 3.38. The van der Waals surface area contributed by atoms with Crippen molar-refractivity contribution in [2.45, 2.75) is 45.3 Å². The second-order valence-electron chi connectivity index (χ2n) is 4.62. The van der Waals surface area contributed by atoms with E-state index in [2.05, 4.69) is 25.9 Å². The van der Waals surface area contributed by atoms with Crippen LogP contribution in [0.5, 0.6) is 0 Å². The van der Waals surface area contributed by atoms with Crippen molar-refractivity contribution in [3.8, 4) is 0 Å².